The molecule has 1 aromatic heterocycles. The first-order valence-electron chi connectivity index (χ1n) is 5.29. The van der Waals surface area contributed by atoms with E-state index < -0.39 is 6.61 Å². The van der Waals surface area contributed by atoms with Gasteiger partial charge in [0.1, 0.15) is 0 Å². The summed E-state index contributed by atoms with van der Waals surface area (Å²) in [7, 11) is 1.32. The van der Waals surface area contributed by atoms with E-state index in [4.69, 9.17) is 4.74 Å². The van der Waals surface area contributed by atoms with Gasteiger partial charge in [-0.15, -0.1) is 0 Å². The Hall–Kier alpha value is -2.44. The van der Waals surface area contributed by atoms with Crippen LogP contribution in [0.15, 0.2) is 41.3 Å². The minimum absolute atomic E-state index is 0.0929. The van der Waals surface area contributed by atoms with Gasteiger partial charge in [-0.1, -0.05) is 0 Å². The van der Waals surface area contributed by atoms with Gasteiger partial charge in [0, 0.05) is 18.3 Å². The van der Waals surface area contributed by atoms with Crippen molar-refractivity contribution in [1.82, 2.24) is 9.78 Å². The van der Waals surface area contributed by atoms with E-state index >= 15 is 0 Å². The number of nitrogens with zero attached hydrogens (tertiary/aromatic N) is 2. The quantitative estimate of drug-likeness (QED) is 0.849. The van der Waals surface area contributed by atoms with Crippen molar-refractivity contribution in [2.24, 2.45) is 0 Å². The van der Waals surface area contributed by atoms with E-state index in [1.807, 2.05) is 0 Å². The van der Waals surface area contributed by atoms with Gasteiger partial charge in [-0.2, -0.15) is 18.6 Å². The maximum Gasteiger partial charge on any atom is 0.387 e. The van der Waals surface area contributed by atoms with Crippen LogP contribution in [-0.4, -0.2) is 23.5 Å². The van der Waals surface area contributed by atoms with Crippen molar-refractivity contribution in [1.29, 1.82) is 0 Å². The van der Waals surface area contributed by atoms with Crippen LogP contribution >= 0.6 is 0 Å². The Morgan fingerprint density at radius 1 is 1.26 bits per heavy atom. The highest BCUT2D eigenvalue weighted by atomic mass is 19.3. The van der Waals surface area contributed by atoms with Gasteiger partial charge in [0.05, 0.1) is 12.8 Å². The number of rotatable bonds is 4. The second kappa shape index (κ2) is 5.47. The van der Waals surface area contributed by atoms with Gasteiger partial charge in [0.15, 0.2) is 11.5 Å². The van der Waals surface area contributed by atoms with E-state index in [-0.39, 0.29) is 17.1 Å². The normalized spacial score (nSPS) is 10.5. The van der Waals surface area contributed by atoms with E-state index in [2.05, 4.69) is 9.84 Å². The number of ether oxygens (including phenoxy) is 2. The number of alkyl halides is 2. The van der Waals surface area contributed by atoms with Crippen molar-refractivity contribution < 1.29 is 18.3 Å². The fourth-order valence-electron chi connectivity index (χ4n) is 1.53. The number of hydrogen-bond donors (Lipinski definition) is 0. The van der Waals surface area contributed by atoms with E-state index in [1.165, 1.54) is 43.6 Å². The maximum atomic E-state index is 12.2. The first-order chi connectivity index (χ1) is 9.11. The SMILES string of the molecule is COc1cc(-n2ncccc2=O)ccc1OC(F)F. The molecule has 1 aromatic carbocycles. The summed E-state index contributed by atoms with van der Waals surface area (Å²) in [5, 5.41) is 3.87. The first-order valence-corrected chi connectivity index (χ1v) is 5.29. The smallest absolute Gasteiger partial charge is 0.387 e. The van der Waals surface area contributed by atoms with Crippen molar-refractivity contribution in [3.8, 4) is 17.2 Å². The lowest BCUT2D eigenvalue weighted by Gasteiger charge is -2.11. The zero-order valence-corrected chi connectivity index (χ0v) is 9.92. The minimum Gasteiger partial charge on any atom is -0.493 e. The number of halogens is 2. The third-order valence-electron chi connectivity index (χ3n) is 2.32. The molecule has 0 spiro atoms. The zero-order chi connectivity index (χ0) is 13.8. The summed E-state index contributed by atoms with van der Waals surface area (Å²) < 4.78 is 34.7. The summed E-state index contributed by atoms with van der Waals surface area (Å²) >= 11 is 0. The van der Waals surface area contributed by atoms with E-state index in [1.54, 1.807) is 0 Å². The Morgan fingerprint density at radius 3 is 2.68 bits per heavy atom. The van der Waals surface area contributed by atoms with Crippen LogP contribution in [0.25, 0.3) is 5.69 Å². The van der Waals surface area contributed by atoms with Gasteiger partial charge in [-0.25, -0.2) is 0 Å². The molecule has 7 heteroatoms. The predicted molar refractivity (Wildman–Crippen MR) is 63.0 cm³/mol. The molecule has 0 fully saturated rings. The van der Waals surface area contributed by atoms with Crippen LogP contribution in [0.1, 0.15) is 0 Å². The molecule has 2 rings (SSSR count). The van der Waals surface area contributed by atoms with Crippen LogP contribution in [0.5, 0.6) is 11.5 Å². The molecule has 0 unspecified atom stereocenters. The summed E-state index contributed by atoms with van der Waals surface area (Å²) in [4.78, 5) is 11.6. The van der Waals surface area contributed by atoms with Crippen molar-refractivity contribution >= 4 is 0 Å². The van der Waals surface area contributed by atoms with Crippen molar-refractivity contribution in [3.05, 3.63) is 46.9 Å². The standard InChI is InChI=1S/C12H10F2N2O3/c1-18-10-7-8(4-5-9(10)19-12(13)14)16-11(17)3-2-6-15-16/h2-7,12H,1H3. The molecule has 2 aromatic rings. The fraction of sp³-hybridized carbons (Fsp3) is 0.167. The van der Waals surface area contributed by atoms with Crippen LogP contribution in [0.3, 0.4) is 0 Å². The Morgan fingerprint density at radius 2 is 2.05 bits per heavy atom. The lowest BCUT2D eigenvalue weighted by molar-refractivity contribution is -0.0512. The average molecular weight is 268 g/mol. The van der Waals surface area contributed by atoms with Gasteiger partial charge in [-0.3, -0.25) is 4.79 Å². The maximum absolute atomic E-state index is 12.2. The highest BCUT2D eigenvalue weighted by molar-refractivity contribution is 5.48. The molecule has 0 saturated carbocycles. The topological polar surface area (TPSA) is 53.4 Å². The molecule has 19 heavy (non-hydrogen) atoms. The van der Waals surface area contributed by atoms with Crippen molar-refractivity contribution in [3.63, 3.8) is 0 Å². The highest BCUT2D eigenvalue weighted by Gasteiger charge is 2.12. The van der Waals surface area contributed by atoms with Crippen LogP contribution in [0.4, 0.5) is 8.78 Å². The number of aromatic nitrogens is 2. The molecule has 1 heterocycles. The van der Waals surface area contributed by atoms with Crippen LogP contribution < -0.4 is 15.0 Å². The van der Waals surface area contributed by atoms with Crippen molar-refractivity contribution in [2.75, 3.05) is 7.11 Å². The van der Waals surface area contributed by atoms with E-state index in [9.17, 15) is 13.6 Å². The van der Waals surface area contributed by atoms with E-state index in [0.29, 0.717) is 5.69 Å². The predicted octanol–water partition coefficient (Wildman–Crippen LogP) is 1.84. The van der Waals surface area contributed by atoms with Gasteiger partial charge >= 0.3 is 6.61 Å². The van der Waals surface area contributed by atoms with Crippen LogP contribution in [-0.2, 0) is 0 Å². The van der Waals surface area contributed by atoms with Gasteiger partial charge in [0.2, 0.25) is 0 Å². The summed E-state index contributed by atoms with van der Waals surface area (Å²) in [6.07, 6.45) is 1.44. The molecule has 0 aliphatic rings. The second-order valence-corrected chi connectivity index (χ2v) is 3.49. The Labute approximate surface area is 107 Å². The summed E-state index contributed by atoms with van der Waals surface area (Å²) in [6.45, 7) is -2.95. The molecule has 0 bridgehead atoms. The minimum atomic E-state index is -2.95. The Kier molecular flexibility index (Phi) is 3.74. The number of hydrogen-bond acceptors (Lipinski definition) is 4. The molecular weight excluding hydrogens is 258 g/mol. The molecule has 0 aliphatic heterocycles. The van der Waals surface area contributed by atoms with Gasteiger partial charge in [-0.05, 0) is 18.2 Å². The largest absolute Gasteiger partial charge is 0.493 e. The first kappa shape index (κ1) is 13.0. The second-order valence-electron chi connectivity index (χ2n) is 3.49. The molecule has 0 amide bonds. The van der Waals surface area contributed by atoms with Crippen LogP contribution in [0.2, 0.25) is 0 Å². The lowest BCUT2D eigenvalue weighted by atomic mass is 10.2. The van der Waals surface area contributed by atoms with Crippen LogP contribution in [0, 0.1) is 0 Å². The van der Waals surface area contributed by atoms with Gasteiger partial charge in [0.25, 0.3) is 5.56 Å². The molecule has 100 valence electrons. The summed E-state index contributed by atoms with van der Waals surface area (Å²) in [5.41, 5.74) is 0.0520. The highest BCUT2D eigenvalue weighted by Crippen LogP contribution is 2.30. The third-order valence-corrected chi connectivity index (χ3v) is 2.32. The number of methoxy groups -OCH3 is 1. The summed E-state index contributed by atoms with van der Waals surface area (Å²) in [5.74, 6) is -0.0133. The van der Waals surface area contributed by atoms with Crippen molar-refractivity contribution in [2.45, 2.75) is 6.61 Å². The molecule has 0 aliphatic carbocycles. The lowest BCUT2D eigenvalue weighted by Crippen LogP contribution is -2.19. The molecule has 5 nitrogen and oxygen atoms in total. The molecule has 0 N–H and O–H groups in total. The van der Waals surface area contributed by atoms with E-state index in [0.717, 1.165) is 4.68 Å². The molecule has 0 atom stereocenters. The Bertz CT molecular complexity index is 628. The summed E-state index contributed by atoms with van der Waals surface area (Å²) in [6, 6.07) is 6.97. The fourth-order valence-corrected chi connectivity index (χ4v) is 1.53. The molecule has 0 saturated heterocycles. The average Bonchev–Trinajstić information content (AvgIpc) is 2.39. The third kappa shape index (κ3) is 2.87. The Balaban J connectivity index is 2.45. The molecular formula is C12H10F2N2O3. The monoisotopic (exact) mass is 268 g/mol. The zero-order valence-electron chi connectivity index (χ0n) is 9.92. The van der Waals surface area contributed by atoms with Gasteiger partial charge < -0.3 is 9.47 Å². The number of benzene rings is 1. The molecule has 0 radical (unpaired) electrons.